The molecule has 1 aliphatic rings. The second kappa shape index (κ2) is 11.7. The molecule has 0 radical (unpaired) electrons. The first-order valence-electron chi connectivity index (χ1n) is 9.81. The summed E-state index contributed by atoms with van der Waals surface area (Å²) in [6.07, 6.45) is 9.85. The molecule has 1 aromatic heterocycles. The van der Waals surface area contributed by atoms with Crippen LogP contribution in [0, 0.1) is 6.92 Å². The van der Waals surface area contributed by atoms with Gasteiger partial charge in [0.1, 0.15) is 5.82 Å². The van der Waals surface area contributed by atoms with Crippen LogP contribution in [0.15, 0.2) is 41.7 Å². The first-order valence-corrected chi connectivity index (χ1v) is 11.1. The lowest BCUT2D eigenvalue weighted by Crippen LogP contribution is -2.42. The Kier molecular flexibility index (Phi) is 9.64. The van der Waals surface area contributed by atoms with Gasteiger partial charge in [0.05, 0.1) is 6.54 Å². The van der Waals surface area contributed by atoms with Gasteiger partial charge in [0.25, 0.3) is 0 Å². The Morgan fingerprint density at radius 2 is 2.14 bits per heavy atom. The number of halogens is 1. The molecule has 0 bridgehead atoms. The molecular formula is C21H32IN5S. The standard InChI is InChI=1S/C21H31N5S.HI/c1-4-22-21(25-19-8-9-20(13-19)27-3)24-14-17-6-5-7-18(12-17)15-26-11-10-23-16(26)2;/h5-7,10-12,19-20H,4,8-9,13-15H2,1-3H3,(H2,22,24,25);1H. The van der Waals surface area contributed by atoms with E-state index in [0.29, 0.717) is 12.6 Å². The molecule has 1 saturated carbocycles. The number of rotatable bonds is 7. The van der Waals surface area contributed by atoms with Crippen LogP contribution in [-0.2, 0) is 13.1 Å². The lowest BCUT2D eigenvalue weighted by Gasteiger charge is -2.17. The highest BCUT2D eigenvalue weighted by atomic mass is 127. The van der Waals surface area contributed by atoms with E-state index >= 15 is 0 Å². The minimum Gasteiger partial charge on any atom is -0.357 e. The number of aliphatic imine (C=N–C) groups is 1. The van der Waals surface area contributed by atoms with Crippen LogP contribution in [0.3, 0.4) is 0 Å². The molecule has 0 amide bonds. The molecule has 0 aliphatic heterocycles. The highest BCUT2D eigenvalue weighted by Gasteiger charge is 2.24. The van der Waals surface area contributed by atoms with Crippen LogP contribution in [-0.4, -0.2) is 39.6 Å². The Hall–Kier alpha value is -1.22. The quantitative estimate of drug-likeness (QED) is 0.331. The summed E-state index contributed by atoms with van der Waals surface area (Å²) >= 11 is 1.98. The summed E-state index contributed by atoms with van der Waals surface area (Å²) in [6, 6.07) is 9.21. The van der Waals surface area contributed by atoms with Crippen molar-refractivity contribution in [1.82, 2.24) is 20.2 Å². The normalized spacial score (nSPS) is 19.3. The minimum absolute atomic E-state index is 0. The Labute approximate surface area is 190 Å². The van der Waals surface area contributed by atoms with Crippen molar-refractivity contribution < 1.29 is 0 Å². The zero-order valence-electron chi connectivity index (χ0n) is 17.0. The number of guanidine groups is 1. The number of imidazole rings is 1. The van der Waals surface area contributed by atoms with Crippen LogP contribution in [0.25, 0.3) is 0 Å². The van der Waals surface area contributed by atoms with E-state index in [-0.39, 0.29) is 24.0 Å². The number of hydrogen-bond donors (Lipinski definition) is 2. The summed E-state index contributed by atoms with van der Waals surface area (Å²) in [5, 5.41) is 7.80. The third kappa shape index (κ3) is 6.69. The van der Waals surface area contributed by atoms with Gasteiger partial charge >= 0.3 is 0 Å². The maximum atomic E-state index is 4.82. The summed E-state index contributed by atoms with van der Waals surface area (Å²) in [4.78, 5) is 9.12. The maximum absolute atomic E-state index is 4.82. The zero-order chi connectivity index (χ0) is 19.1. The molecule has 0 spiro atoms. The molecular weight excluding hydrogens is 481 g/mol. The van der Waals surface area contributed by atoms with E-state index in [1.54, 1.807) is 0 Å². The monoisotopic (exact) mass is 513 g/mol. The largest absolute Gasteiger partial charge is 0.357 e. The lowest BCUT2D eigenvalue weighted by molar-refractivity contribution is 0.615. The fourth-order valence-corrected chi connectivity index (χ4v) is 4.36. The van der Waals surface area contributed by atoms with E-state index in [1.807, 2.05) is 31.1 Å². The summed E-state index contributed by atoms with van der Waals surface area (Å²) in [7, 11) is 0. The van der Waals surface area contributed by atoms with Crippen molar-refractivity contribution in [3.8, 4) is 0 Å². The predicted octanol–water partition coefficient (Wildman–Crippen LogP) is 4.20. The molecule has 28 heavy (non-hydrogen) atoms. The number of benzene rings is 1. The van der Waals surface area contributed by atoms with Crippen LogP contribution in [0.4, 0.5) is 0 Å². The lowest BCUT2D eigenvalue weighted by atomic mass is 10.1. The van der Waals surface area contributed by atoms with Crippen molar-refractivity contribution in [2.45, 2.75) is 57.5 Å². The predicted molar refractivity (Wildman–Crippen MR) is 131 cm³/mol. The van der Waals surface area contributed by atoms with Gasteiger partial charge in [-0.3, -0.25) is 0 Å². The molecule has 7 heteroatoms. The molecule has 1 heterocycles. The first-order chi connectivity index (χ1) is 13.2. The highest BCUT2D eigenvalue weighted by molar-refractivity contribution is 14.0. The molecule has 2 N–H and O–H groups in total. The fraction of sp³-hybridized carbons (Fsp3) is 0.524. The van der Waals surface area contributed by atoms with Crippen molar-refractivity contribution in [3.05, 3.63) is 53.6 Å². The second-order valence-electron chi connectivity index (χ2n) is 7.13. The molecule has 5 nitrogen and oxygen atoms in total. The van der Waals surface area contributed by atoms with E-state index in [9.17, 15) is 0 Å². The number of aromatic nitrogens is 2. The first kappa shape index (κ1) is 23.1. The number of aryl methyl sites for hydroxylation is 1. The third-order valence-corrected chi connectivity index (χ3v) is 6.19. The molecule has 0 saturated heterocycles. The SMILES string of the molecule is CCNC(=NCc1cccc(Cn2ccnc2C)c1)NC1CCC(SC)C1.I. The van der Waals surface area contributed by atoms with Crippen LogP contribution >= 0.6 is 35.7 Å². The van der Waals surface area contributed by atoms with E-state index < -0.39 is 0 Å². The molecule has 1 fully saturated rings. The molecule has 2 aromatic rings. The van der Waals surface area contributed by atoms with Crippen LogP contribution < -0.4 is 10.6 Å². The second-order valence-corrected chi connectivity index (χ2v) is 8.27. The van der Waals surface area contributed by atoms with Crippen LogP contribution in [0.2, 0.25) is 0 Å². The van der Waals surface area contributed by atoms with Gasteiger partial charge in [0.2, 0.25) is 0 Å². The molecule has 3 rings (SSSR count). The van der Waals surface area contributed by atoms with Crippen molar-refractivity contribution >= 4 is 41.7 Å². The van der Waals surface area contributed by atoms with Crippen molar-refractivity contribution in [3.63, 3.8) is 0 Å². The molecule has 1 aliphatic carbocycles. The number of nitrogens with zero attached hydrogens (tertiary/aromatic N) is 3. The van der Waals surface area contributed by atoms with Gasteiger partial charge in [0.15, 0.2) is 5.96 Å². The Morgan fingerprint density at radius 1 is 1.32 bits per heavy atom. The Bertz CT molecular complexity index is 761. The van der Waals surface area contributed by atoms with Gasteiger partial charge in [-0.1, -0.05) is 24.3 Å². The highest BCUT2D eigenvalue weighted by Crippen LogP contribution is 2.28. The van der Waals surface area contributed by atoms with Gasteiger partial charge in [-0.15, -0.1) is 24.0 Å². The van der Waals surface area contributed by atoms with Crippen LogP contribution in [0.1, 0.15) is 43.1 Å². The average molecular weight is 513 g/mol. The summed E-state index contributed by atoms with van der Waals surface area (Å²) in [6.45, 7) is 6.56. The topological polar surface area (TPSA) is 54.2 Å². The number of nitrogens with one attached hydrogen (secondary N) is 2. The zero-order valence-corrected chi connectivity index (χ0v) is 20.2. The van der Waals surface area contributed by atoms with E-state index in [0.717, 1.165) is 30.1 Å². The van der Waals surface area contributed by atoms with E-state index in [1.165, 1.54) is 30.4 Å². The van der Waals surface area contributed by atoms with Gasteiger partial charge in [-0.05, 0) is 50.5 Å². The Balaban J connectivity index is 0.00000280. The number of thioether (sulfide) groups is 1. The van der Waals surface area contributed by atoms with Crippen molar-refractivity contribution in [2.24, 2.45) is 4.99 Å². The minimum atomic E-state index is 0. The van der Waals surface area contributed by atoms with Crippen molar-refractivity contribution in [2.75, 3.05) is 12.8 Å². The summed E-state index contributed by atoms with van der Waals surface area (Å²) in [5.74, 6) is 1.97. The number of hydrogen-bond acceptors (Lipinski definition) is 3. The maximum Gasteiger partial charge on any atom is 0.191 e. The molecule has 154 valence electrons. The molecule has 2 atom stereocenters. The summed E-state index contributed by atoms with van der Waals surface area (Å²) < 4.78 is 2.16. The van der Waals surface area contributed by atoms with E-state index in [4.69, 9.17) is 4.99 Å². The van der Waals surface area contributed by atoms with Crippen LogP contribution in [0.5, 0.6) is 0 Å². The smallest absolute Gasteiger partial charge is 0.191 e. The van der Waals surface area contributed by atoms with Gasteiger partial charge in [-0.25, -0.2) is 9.98 Å². The van der Waals surface area contributed by atoms with Gasteiger partial charge in [0, 0.05) is 36.8 Å². The third-order valence-electron chi connectivity index (χ3n) is 5.09. The van der Waals surface area contributed by atoms with Gasteiger partial charge < -0.3 is 15.2 Å². The van der Waals surface area contributed by atoms with E-state index in [2.05, 4.69) is 57.6 Å². The summed E-state index contributed by atoms with van der Waals surface area (Å²) in [5.41, 5.74) is 2.51. The Morgan fingerprint density at radius 3 is 2.82 bits per heavy atom. The van der Waals surface area contributed by atoms with Crippen molar-refractivity contribution in [1.29, 1.82) is 0 Å². The average Bonchev–Trinajstić information content (AvgIpc) is 3.29. The molecule has 2 unspecified atom stereocenters. The molecule has 1 aromatic carbocycles. The van der Waals surface area contributed by atoms with Gasteiger partial charge in [-0.2, -0.15) is 11.8 Å². The fourth-order valence-electron chi connectivity index (χ4n) is 3.56.